The molecule has 0 nitrogen and oxygen atoms in total. The third kappa shape index (κ3) is 3.37. The molecule has 0 heterocycles. The lowest BCUT2D eigenvalue weighted by atomic mass is 10.0. The molecule has 1 aliphatic rings. The van der Waals surface area contributed by atoms with Crippen LogP contribution >= 0.6 is 0 Å². The van der Waals surface area contributed by atoms with Crippen LogP contribution in [0.4, 0.5) is 0 Å². The van der Waals surface area contributed by atoms with Crippen molar-refractivity contribution in [2.75, 3.05) is 0 Å². The van der Waals surface area contributed by atoms with Gasteiger partial charge in [-0.2, -0.15) is 0 Å². The second-order valence-corrected chi connectivity index (χ2v) is 4.45. The van der Waals surface area contributed by atoms with Gasteiger partial charge in [-0.1, -0.05) is 44.5 Å². The van der Waals surface area contributed by atoms with E-state index in [0.717, 1.165) is 5.92 Å². The molecule has 1 aliphatic carbocycles. The molecule has 0 fully saturated rings. The summed E-state index contributed by atoms with van der Waals surface area (Å²) in [6, 6.07) is 6.94. The summed E-state index contributed by atoms with van der Waals surface area (Å²) in [5, 5.41) is 0. The SMILES string of the molecule is CC.Cc1ccc2c(c1)CCC(C)CC2. The van der Waals surface area contributed by atoms with Crippen molar-refractivity contribution in [3.05, 3.63) is 34.9 Å². The van der Waals surface area contributed by atoms with E-state index in [4.69, 9.17) is 0 Å². The Hall–Kier alpha value is -0.780. The van der Waals surface area contributed by atoms with Crippen molar-refractivity contribution in [1.82, 2.24) is 0 Å². The summed E-state index contributed by atoms with van der Waals surface area (Å²) < 4.78 is 0. The fourth-order valence-corrected chi connectivity index (χ4v) is 2.18. The van der Waals surface area contributed by atoms with E-state index in [1.807, 2.05) is 13.8 Å². The van der Waals surface area contributed by atoms with Crippen molar-refractivity contribution in [1.29, 1.82) is 0 Å². The Morgan fingerprint density at radius 2 is 1.60 bits per heavy atom. The van der Waals surface area contributed by atoms with Gasteiger partial charge in [0, 0.05) is 0 Å². The highest BCUT2D eigenvalue weighted by Gasteiger charge is 2.12. The minimum absolute atomic E-state index is 0.910. The predicted molar refractivity (Wildman–Crippen MR) is 68.3 cm³/mol. The molecule has 0 bridgehead atoms. The van der Waals surface area contributed by atoms with Gasteiger partial charge in [-0.3, -0.25) is 0 Å². The molecule has 84 valence electrons. The standard InChI is InChI=1S/C13H18.C2H6/c1-10-3-6-12-7-5-11(2)9-13(12)8-4-10;1-2/h5,7,9-10H,3-4,6,8H2,1-2H3;1-2H3. The molecule has 0 heteroatoms. The maximum atomic E-state index is 2.37. The fraction of sp³-hybridized carbons (Fsp3) is 0.600. The smallest absolute Gasteiger partial charge is 0.0274 e. The van der Waals surface area contributed by atoms with Crippen LogP contribution in [0, 0.1) is 12.8 Å². The molecule has 0 radical (unpaired) electrons. The van der Waals surface area contributed by atoms with Crippen LogP contribution in [0.25, 0.3) is 0 Å². The molecular formula is C15H24. The van der Waals surface area contributed by atoms with E-state index in [1.165, 1.54) is 31.2 Å². The molecule has 0 aliphatic heterocycles. The van der Waals surface area contributed by atoms with Gasteiger partial charge >= 0.3 is 0 Å². The number of benzene rings is 1. The molecule has 0 saturated heterocycles. The van der Waals surface area contributed by atoms with Crippen molar-refractivity contribution in [3.8, 4) is 0 Å². The van der Waals surface area contributed by atoms with E-state index in [1.54, 1.807) is 11.1 Å². The topological polar surface area (TPSA) is 0 Å². The molecule has 0 amide bonds. The summed E-state index contributed by atoms with van der Waals surface area (Å²) in [7, 11) is 0. The first-order valence-electron chi connectivity index (χ1n) is 6.34. The first-order valence-corrected chi connectivity index (χ1v) is 6.34. The molecular weight excluding hydrogens is 180 g/mol. The Balaban J connectivity index is 0.000000531. The Morgan fingerprint density at radius 1 is 1.00 bits per heavy atom. The van der Waals surface area contributed by atoms with Crippen LogP contribution in [0.2, 0.25) is 0 Å². The van der Waals surface area contributed by atoms with Crippen LogP contribution < -0.4 is 0 Å². The van der Waals surface area contributed by atoms with Crippen LogP contribution in [-0.2, 0) is 12.8 Å². The molecule has 1 aromatic carbocycles. The molecule has 2 rings (SSSR count). The highest BCUT2D eigenvalue weighted by molar-refractivity contribution is 5.32. The molecule has 0 aromatic heterocycles. The van der Waals surface area contributed by atoms with Gasteiger partial charge in [0.15, 0.2) is 0 Å². The van der Waals surface area contributed by atoms with Crippen molar-refractivity contribution in [3.63, 3.8) is 0 Å². The quantitative estimate of drug-likeness (QED) is 0.544. The van der Waals surface area contributed by atoms with Gasteiger partial charge in [0.1, 0.15) is 0 Å². The Kier molecular flexibility index (Phi) is 4.87. The highest BCUT2D eigenvalue weighted by atomic mass is 14.2. The van der Waals surface area contributed by atoms with E-state index in [-0.39, 0.29) is 0 Å². The predicted octanol–water partition coefficient (Wildman–Crippen LogP) is 4.54. The number of fused-ring (bicyclic) bond motifs is 1. The Bertz CT molecular complexity index is 299. The Labute approximate surface area is 94.7 Å². The zero-order chi connectivity index (χ0) is 11.3. The van der Waals surface area contributed by atoms with Crippen molar-refractivity contribution >= 4 is 0 Å². The average molecular weight is 204 g/mol. The van der Waals surface area contributed by atoms with Gasteiger partial charge in [-0.05, 0) is 49.7 Å². The van der Waals surface area contributed by atoms with Gasteiger partial charge in [0.05, 0.1) is 0 Å². The van der Waals surface area contributed by atoms with Crippen LogP contribution in [0.3, 0.4) is 0 Å². The number of rotatable bonds is 0. The van der Waals surface area contributed by atoms with Crippen molar-refractivity contribution in [2.45, 2.75) is 53.4 Å². The normalized spacial score (nSPS) is 19.6. The number of hydrogen-bond donors (Lipinski definition) is 0. The lowest BCUT2D eigenvalue weighted by Gasteiger charge is -2.05. The molecule has 1 aromatic rings. The zero-order valence-corrected chi connectivity index (χ0v) is 10.6. The first-order chi connectivity index (χ1) is 7.25. The summed E-state index contributed by atoms with van der Waals surface area (Å²) in [4.78, 5) is 0. The van der Waals surface area contributed by atoms with E-state index >= 15 is 0 Å². The van der Waals surface area contributed by atoms with Crippen molar-refractivity contribution < 1.29 is 0 Å². The average Bonchev–Trinajstić information content (AvgIpc) is 2.44. The van der Waals surface area contributed by atoms with Gasteiger partial charge in [0.2, 0.25) is 0 Å². The molecule has 0 spiro atoms. The molecule has 15 heavy (non-hydrogen) atoms. The second kappa shape index (κ2) is 5.95. The largest absolute Gasteiger partial charge is 0.0683 e. The van der Waals surface area contributed by atoms with E-state index in [9.17, 15) is 0 Å². The van der Waals surface area contributed by atoms with Crippen LogP contribution in [0.15, 0.2) is 18.2 Å². The van der Waals surface area contributed by atoms with Gasteiger partial charge in [-0.25, -0.2) is 0 Å². The van der Waals surface area contributed by atoms with Gasteiger partial charge in [-0.15, -0.1) is 0 Å². The molecule has 0 saturated carbocycles. The van der Waals surface area contributed by atoms with Crippen LogP contribution in [0.5, 0.6) is 0 Å². The zero-order valence-electron chi connectivity index (χ0n) is 10.6. The van der Waals surface area contributed by atoms with Crippen molar-refractivity contribution in [2.24, 2.45) is 5.92 Å². The summed E-state index contributed by atoms with van der Waals surface area (Å²) in [5.74, 6) is 0.910. The summed E-state index contributed by atoms with van der Waals surface area (Å²) in [6.45, 7) is 8.56. The monoisotopic (exact) mass is 204 g/mol. The van der Waals surface area contributed by atoms with E-state index in [2.05, 4.69) is 32.0 Å². The van der Waals surface area contributed by atoms with Crippen LogP contribution in [0.1, 0.15) is 50.3 Å². The number of aryl methyl sites for hydroxylation is 3. The molecule has 1 atom stereocenters. The minimum atomic E-state index is 0.910. The second-order valence-electron chi connectivity index (χ2n) is 4.45. The summed E-state index contributed by atoms with van der Waals surface area (Å²) in [5.41, 5.74) is 4.60. The Morgan fingerprint density at radius 3 is 2.27 bits per heavy atom. The third-order valence-corrected chi connectivity index (χ3v) is 3.17. The maximum Gasteiger partial charge on any atom is -0.0274 e. The third-order valence-electron chi connectivity index (χ3n) is 3.17. The van der Waals surface area contributed by atoms with Gasteiger partial charge in [0.25, 0.3) is 0 Å². The lowest BCUT2D eigenvalue weighted by molar-refractivity contribution is 0.510. The van der Waals surface area contributed by atoms with E-state index < -0.39 is 0 Å². The first kappa shape index (κ1) is 12.3. The highest BCUT2D eigenvalue weighted by Crippen LogP contribution is 2.24. The summed E-state index contributed by atoms with van der Waals surface area (Å²) in [6.07, 6.45) is 5.32. The minimum Gasteiger partial charge on any atom is -0.0683 e. The molecule has 1 unspecified atom stereocenters. The van der Waals surface area contributed by atoms with Crippen LogP contribution in [-0.4, -0.2) is 0 Å². The summed E-state index contributed by atoms with van der Waals surface area (Å²) >= 11 is 0. The van der Waals surface area contributed by atoms with Gasteiger partial charge < -0.3 is 0 Å². The maximum absolute atomic E-state index is 2.37. The van der Waals surface area contributed by atoms with E-state index in [0.29, 0.717) is 0 Å². The fourth-order valence-electron chi connectivity index (χ4n) is 2.18. The molecule has 0 N–H and O–H groups in total. The number of hydrogen-bond acceptors (Lipinski definition) is 0. The lowest BCUT2D eigenvalue weighted by Crippen LogP contribution is -1.92.